The maximum Gasteiger partial charge on any atom is 0.325 e. The summed E-state index contributed by atoms with van der Waals surface area (Å²) < 4.78 is 0. The summed E-state index contributed by atoms with van der Waals surface area (Å²) in [4.78, 5) is 37.3. The summed E-state index contributed by atoms with van der Waals surface area (Å²) in [6.45, 7) is 2.34. The molecule has 2 N–H and O–H groups in total. The molecule has 112 valence electrons. The van der Waals surface area contributed by atoms with Crippen molar-refractivity contribution in [3.05, 3.63) is 0 Å². The van der Waals surface area contributed by atoms with E-state index in [0.717, 1.165) is 37.0 Å². The lowest BCUT2D eigenvalue weighted by Crippen LogP contribution is -2.47. The van der Waals surface area contributed by atoms with Crippen LogP contribution in [-0.4, -0.2) is 41.4 Å². The Kier molecular flexibility index (Phi) is 4.62. The van der Waals surface area contributed by atoms with Gasteiger partial charge in [0.15, 0.2) is 0 Å². The molecule has 0 aromatic rings. The molecule has 2 rings (SSSR count). The molecule has 0 bridgehead atoms. The predicted octanol–water partition coefficient (Wildman–Crippen LogP) is 1.16. The summed E-state index contributed by atoms with van der Waals surface area (Å²) in [5.41, 5.74) is -0.751. The van der Waals surface area contributed by atoms with E-state index in [2.05, 4.69) is 10.6 Å². The molecular weight excluding hydrogens is 258 g/mol. The van der Waals surface area contributed by atoms with Gasteiger partial charge in [-0.25, -0.2) is 4.79 Å². The molecule has 6 nitrogen and oxygen atoms in total. The molecule has 4 amide bonds. The second-order valence-corrected chi connectivity index (χ2v) is 5.67. The molecule has 0 unspecified atom stereocenters. The average molecular weight is 281 g/mol. The Morgan fingerprint density at radius 3 is 2.50 bits per heavy atom. The third-order valence-electron chi connectivity index (χ3n) is 4.08. The highest BCUT2D eigenvalue weighted by molar-refractivity contribution is 6.09. The minimum atomic E-state index is -0.751. The van der Waals surface area contributed by atoms with Gasteiger partial charge in [-0.15, -0.1) is 0 Å². The lowest BCUT2D eigenvalue weighted by atomic mass is 9.90. The molecule has 1 spiro atoms. The van der Waals surface area contributed by atoms with E-state index in [-0.39, 0.29) is 18.4 Å². The van der Waals surface area contributed by atoms with Gasteiger partial charge < -0.3 is 10.6 Å². The van der Waals surface area contributed by atoms with Gasteiger partial charge in [0.05, 0.1) is 0 Å². The van der Waals surface area contributed by atoms with Crippen molar-refractivity contribution in [1.29, 1.82) is 0 Å². The molecule has 1 aliphatic carbocycles. The van der Waals surface area contributed by atoms with Gasteiger partial charge in [-0.05, 0) is 19.3 Å². The van der Waals surface area contributed by atoms with Crippen LogP contribution < -0.4 is 10.6 Å². The Labute approximate surface area is 119 Å². The normalized spacial score (nSPS) is 21.8. The third-order valence-corrected chi connectivity index (χ3v) is 4.08. The zero-order valence-electron chi connectivity index (χ0n) is 12.0. The van der Waals surface area contributed by atoms with Crippen LogP contribution in [0.3, 0.4) is 0 Å². The molecule has 0 aromatic heterocycles. The summed E-state index contributed by atoms with van der Waals surface area (Å²) in [6.07, 6.45) is 6.29. The molecule has 0 radical (unpaired) electrons. The van der Waals surface area contributed by atoms with Crippen molar-refractivity contribution in [1.82, 2.24) is 15.5 Å². The van der Waals surface area contributed by atoms with Crippen LogP contribution in [0.15, 0.2) is 0 Å². The quantitative estimate of drug-likeness (QED) is 0.759. The minimum absolute atomic E-state index is 0.174. The first-order chi connectivity index (χ1) is 9.59. The molecule has 2 fully saturated rings. The first kappa shape index (κ1) is 14.8. The fourth-order valence-electron chi connectivity index (χ4n) is 2.95. The highest BCUT2D eigenvalue weighted by atomic mass is 16.2. The Balaban J connectivity index is 2.02. The SMILES string of the molecule is CCCNC(=O)CN1C(=O)NC2(CCCCCC2)C1=O. The van der Waals surface area contributed by atoms with Crippen molar-refractivity contribution in [2.45, 2.75) is 57.4 Å². The fourth-order valence-corrected chi connectivity index (χ4v) is 2.95. The summed E-state index contributed by atoms with van der Waals surface area (Å²) in [6, 6.07) is -0.427. The lowest BCUT2D eigenvalue weighted by molar-refractivity contribution is -0.135. The zero-order chi connectivity index (χ0) is 14.6. The lowest BCUT2D eigenvalue weighted by Gasteiger charge is -2.24. The smallest absolute Gasteiger partial charge is 0.325 e. The van der Waals surface area contributed by atoms with E-state index in [9.17, 15) is 14.4 Å². The van der Waals surface area contributed by atoms with E-state index < -0.39 is 11.6 Å². The Bertz CT molecular complexity index is 400. The molecule has 1 heterocycles. The standard InChI is InChI=1S/C14H23N3O3/c1-2-9-15-11(18)10-17-12(19)14(16-13(17)20)7-5-3-4-6-8-14/h2-10H2,1H3,(H,15,18)(H,16,20). The Morgan fingerprint density at radius 2 is 1.90 bits per heavy atom. The number of carbonyl (C=O) groups excluding carboxylic acids is 3. The number of hydrogen-bond acceptors (Lipinski definition) is 3. The van der Waals surface area contributed by atoms with Crippen molar-refractivity contribution >= 4 is 17.8 Å². The molecule has 0 aromatic carbocycles. The second kappa shape index (κ2) is 6.24. The molecule has 1 saturated heterocycles. The van der Waals surface area contributed by atoms with Crippen molar-refractivity contribution < 1.29 is 14.4 Å². The molecule has 1 saturated carbocycles. The maximum absolute atomic E-state index is 12.5. The number of nitrogens with zero attached hydrogens (tertiary/aromatic N) is 1. The zero-order valence-corrected chi connectivity index (χ0v) is 12.0. The summed E-state index contributed by atoms with van der Waals surface area (Å²) >= 11 is 0. The molecule has 20 heavy (non-hydrogen) atoms. The number of amides is 4. The van der Waals surface area contributed by atoms with Gasteiger partial charge in [-0.1, -0.05) is 32.6 Å². The molecule has 2 aliphatic rings. The van der Waals surface area contributed by atoms with Crippen molar-refractivity contribution in [3.8, 4) is 0 Å². The van der Waals surface area contributed by atoms with Crippen LogP contribution in [0.2, 0.25) is 0 Å². The Morgan fingerprint density at radius 1 is 1.25 bits per heavy atom. The number of carbonyl (C=O) groups is 3. The first-order valence-electron chi connectivity index (χ1n) is 7.50. The van der Waals surface area contributed by atoms with Crippen molar-refractivity contribution in [3.63, 3.8) is 0 Å². The summed E-state index contributed by atoms with van der Waals surface area (Å²) in [5, 5.41) is 5.52. The van der Waals surface area contributed by atoms with E-state index in [1.807, 2.05) is 6.92 Å². The minimum Gasteiger partial charge on any atom is -0.355 e. The van der Waals surface area contributed by atoms with Crippen LogP contribution >= 0.6 is 0 Å². The predicted molar refractivity (Wildman–Crippen MR) is 74.0 cm³/mol. The van der Waals surface area contributed by atoms with Gasteiger partial charge in [-0.3, -0.25) is 14.5 Å². The van der Waals surface area contributed by atoms with E-state index in [0.29, 0.717) is 19.4 Å². The van der Waals surface area contributed by atoms with E-state index >= 15 is 0 Å². The largest absolute Gasteiger partial charge is 0.355 e. The topological polar surface area (TPSA) is 78.5 Å². The summed E-state index contributed by atoms with van der Waals surface area (Å²) in [7, 11) is 0. The maximum atomic E-state index is 12.5. The summed E-state index contributed by atoms with van der Waals surface area (Å²) in [5.74, 6) is -0.503. The molecule has 6 heteroatoms. The van der Waals surface area contributed by atoms with Gasteiger partial charge >= 0.3 is 6.03 Å². The van der Waals surface area contributed by atoms with E-state index in [4.69, 9.17) is 0 Å². The van der Waals surface area contributed by atoms with Gasteiger partial charge in [0.1, 0.15) is 12.1 Å². The number of rotatable bonds is 4. The second-order valence-electron chi connectivity index (χ2n) is 5.67. The highest BCUT2D eigenvalue weighted by Gasteiger charge is 2.50. The highest BCUT2D eigenvalue weighted by Crippen LogP contribution is 2.32. The molecule has 1 aliphatic heterocycles. The molecule has 0 atom stereocenters. The average Bonchev–Trinajstić information content (AvgIpc) is 2.63. The van der Waals surface area contributed by atoms with Gasteiger partial charge in [-0.2, -0.15) is 0 Å². The third kappa shape index (κ3) is 2.94. The van der Waals surface area contributed by atoms with E-state index in [1.165, 1.54) is 0 Å². The van der Waals surface area contributed by atoms with E-state index in [1.54, 1.807) is 0 Å². The van der Waals surface area contributed by atoms with Crippen LogP contribution in [0.1, 0.15) is 51.9 Å². The van der Waals surface area contributed by atoms with Crippen LogP contribution in [0.5, 0.6) is 0 Å². The van der Waals surface area contributed by atoms with Crippen molar-refractivity contribution in [2.24, 2.45) is 0 Å². The number of urea groups is 1. The van der Waals surface area contributed by atoms with Gasteiger partial charge in [0.25, 0.3) is 5.91 Å². The monoisotopic (exact) mass is 281 g/mol. The van der Waals surface area contributed by atoms with Crippen LogP contribution in [0.25, 0.3) is 0 Å². The van der Waals surface area contributed by atoms with Gasteiger partial charge in [0, 0.05) is 6.54 Å². The van der Waals surface area contributed by atoms with Crippen molar-refractivity contribution in [2.75, 3.05) is 13.1 Å². The fraction of sp³-hybridized carbons (Fsp3) is 0.786. The number of hydrogen-bond donors (Lipinski definition) is 2. The first-order valence-corrected chi connectivity index (χ1v) is 7.50. The molecular formula is C14H23N3O3. The number of imide groups is 1. The Hall–Kier alpha value is -1.59. The van der Waals surface area contributed by atoms with Crippen LogP contribution in [0, 0.1) is 0 Å². The number of nitrogens with one attached hydrogen (secondary N) is 2. The van der Waals surface area contributed by atoms with Crippen LogP contribution in [0.4, 0.5) is 4.79 Å². The van der Waals surface area contributed by atoms with Crippen LogP contribution in [-0.2, 0) is 9.59 Å². The van der Waals surface area contributed by atoms with Gasteiger partial charge in [0.2, 0.25) is 5.91 Å².